The molecule has 7 heteroatoms. The predicted octanol–water partition coefficient (Wildman–Crippen LogP) is 1.50. The second kappa shape index (κ2) is 5.61. The Morgan fingerprint density at radius 3 is 3.00 bits per heavy atom. The zero-order chi connectivity index (χ0) is 13.0. The third-order valence-corrected chi connectivity index (χ3v) is 2.46. The summed E-state index contributed by atoms with van der Waals surface area (Å²) < 4.78 is 9.37. The molecule has 0 fully saturated rings. The fourth-order valence-electron chi connectivity index (χ4n) is 1.48. The fourth-order valence-corrected chi connectivity index (χ4v) is 1.60. The molecule has 6 nitrogen and oxygen atoms in total. The van der Waals surface area contributed by atoms with Crippen molar-refractivity contribution in [3.63, 3.8) is 0 Å². The van der Waals surface area contributed by atoms with Gasteiger partial charge in [-0.3, -0.25) is 4.79 Å². The lowest BCUT2D eigenvalue weighted by Crippen LogP contribution is -2.25. The van der Waals surface area contributed by atoms with Crippen LogP contribution in [0, 0.1) is 0 Å². The van der Waals surface area contributed by atoms with Crippen molar-refractivity contribution in [2.75, 3.05) is 13.8 Å². The zero-order valence-electron chi connectivity index (χ0n) is 9.51. The highest BCUT2D eigenvalue weighted by atomic mass is 35.5. The average Bonchev–Trinajstić information content (AvgIpc) is 2.43. The maximum Gasteiger partial charge on any atom is 0.253 e. The van der Waals surface area contributed by atoms with Crippen molar-refractivity contribution in [1.82, 2.24) is 15.3 Å². The molecule has 0 aliphatic carbocycles. The number of methoxy groups -OCH3 is 1. The number of hydrogen-bond acceptors (Lipinski definition) is 5. The van der Waals surface area contributed by atoms with E-state index in [1.54, 1.807) is 18.2 Å². The third kappa shape index (κ3) is 2.49. The molecule has 1 heterocycles. The largest absolute Gasteiger partial charge is 0.364 e. The van der Waals surface area contributed by atoms with Crippen molar-refractivity contribution in [3.05, 3.63) is 30.1 Å². The lowest BCUT2D eigenvalue weighted by molar-refractivity contribution is 0.0872. The first-order chi connectivity index (χ1) is 8.76. The van der Waals surface area contributed by atoms with E-state index >= 15 is 0 Å². The van der Waals surface area contributed by atoms with Gasteiger partial charge in [0.05, 0.1) is 10.9 Å². The average molecular weight is 268 g/mol. The SMILES string of the molecule is COCNC(=O)c1ccc2ncnc(OCl)c2c1. The molecule has 0 spiro atoms. The molecule has 2 rings (SSSR count). The van der Waals surface area contributed by atoms with Crippen molar-refractivity contribution < 1.29 is 13.8 Å². The Kier molecular flexibility index (Phi) is 3.91. The van der Waals surface area contributed by atoms with Gasteiger partial charge in [-0.15, -0.1) is 0 Å². The molecule has 0 bridgehead atoms. The second-order valence-corrected chi connectivity index (χ2v) is 3.58. The van der Waals surface area contributed by atoms with E-state index in [1.165, 1.54) is 13.4 Å². The monoisotopic (exact) mass is 267 g/mol. The molecule has 0 saturated heterocycles. The van der Waals surface area contributed by atoms with Gasteiger partial charge in [0.15, 0.2) is 0 Å². The van der Waals surface area contributed by atoms with Crippen LogP contribution in [0.25, 0.3) is 10.9 Å². The van der Waals surface area contributed by atoms with Gasteiger partial charge in [0.25, 0.3) is 5.91 Å². The summed E-state index contributed by atoms with van der Waals surface area (Å²) in [5, 5.41) is 3.14. The van der Waals surface area contributed by atoms with Crippen LogP contribution >= 0.6 is 11.9 Å². The predicted molar refractivity (Wildman–Crippen MR) is 65.4 cm³/mol. The summed E-state index contributed by atoms with van der Waals surface area (Å²) in [4.78, 5) is 19.7. The molecule has 0 aliphatic rings. The van der Waals surface area contributed by atoms with E-state index in [1.807, 2.05) is 0 Å². The summed E-state index contributed by atoms with van der Waals surface area (Å²) in [6.07, 6.45) is 1.34. The van der Waals surface area contributed by atoms with Gasteiger partial charge in [-0.05, 0) is 18.2 Å². The van der Waals surface area contributed by atoms with E-state index in [9.17, 15) is 4.79 Å². The molecular weight excluding hydrogens is 258 g/mol. The number of benzene rings is 1. The number of fused-ring (bicyclic) bond motifs is 1. The lowest BCUT2D eigenvalue weighted by atomic mass is 10.1. The van der Waals surface area contributed by atoms with Crippen LogP contribution in [0.15, 0.2) is 24.5 Å². The maximum atomic E-state index is 11.7. The van der Waals surface area contributed by atoms with Crippen molar-refractivity contribution in [2.45, 2.75) is 0 Å². The molecular formula is C11H10ClN3O3. The van der Waals surface area contributed by atoms with Crippen molar-refractivity contribution in [3.8, 4) is 5.88 Å². The Balaban J connectivity index is 2.39. The van der Waals surface area contributed by atoms with Crippen LogP contribution in [0.4, 0.5) is 0 Å². The Labute approximate surface area is 108 Å². The van der Waals surface area contributed by atoms with Crippen LogP contribution in [-0.2, 0) is 4.74 Å². The Morgan fingerprint density at radius 2 is 2.28 bits per heavy atom. The minimum atomic E-state index is -0.261. The molecule has 0 radical (unpaired) electrons. The molecule has 94 valence electrons. The molecule has 1 N–H and O–H groups in total. The number of halogens is 1. The lowest BCUT2D eigenvalue weighted by Gasteiger charge is -2.05. The molecule has 0 saturated carbocycles. The first-order valence-corrected chi connectivity index (χ1v) is 5.37. The summed E-state index contributed by atoms with van der Waals surface area (Å²) in [7, 11) is 1.49. The van der Waals surface area contributed by atoms with Gasteiger partial charge >= 0.3 is 0 Å². The molecule has 0 unspecified atom stereocenters. The molecule has 0 atom stereocenters. The molecule has 2 aromatic rings. The second-order valence-electron chi connectivity index (χ2n) is 3.43. The van der Waals surface area contributed by atoms with Crippen LogP contribution in [0.5, 0.6) is 5.88 Å². The van der Waals surface area contributed by atoms with Crippen molar-refractivity contribution in [2.24, 2.45) is 0 Å². The van der Waals surface area contributed by atoms with Crippen LogP contribution in [0.1, 0.15) is 10.4 Å². The molecule has 1 aromatic carbocycles. The maximum absolute atomic E-state index is 11.7. The van der Waals surface area contributed by atoms with Gasteiger partial charge < -0.3 is 14.3 Å². The summed E-state index contributed by atoms with van der Waals surface area (Å²) in [5.74, 6) is -0.0498. The van der Waals surface area contributed by atoms with Gasteiger partial charge in [0, 0.05) is 12.7 Å². The number of nitrogens with zero attached hydrogens (tertiary/aromatic N) is 2. The molecule has 0 aliphatic heterocycles. The molecule has 18 heavy (non-hydrogen) atoms. The highest BCUT2D eigenvalue weighted by molar-refractivity contribution is 6.10. The van der Waals surface area contributed by atoms with Crippen LogP contribution in [0.2, 0.25) is 0 Å². The summed E-state index contributed by atoms with van der Waals surface area (Å²) in [6.45, 7) is 0.140. The van der Waals surface area contributed by atoms with E-state index in [0.29, 0.717) is 16.5 Å². The fraction of sp³-hybridized carbons (Fsp3) is 0.182. The highest BCUT2D eigenvalue weighted by Gasteiger charge is 2.10. The van der Waals surface area contributed by atoms with Gasteiger partial charge in [-0.2, -0.15) is 4.98 Å². The van der Waals surface area contributed by atoms with E-state index in [0.717, 1.165) is 0 Å². The smallest absolute Gasteiger partial charge is 0.253 e. The van der Waals surface area contributed by atoms with E-state index in [4.69, 9.17) is 16.6 Å². The third-order valence-electron chi connectivity index (χ3n) is 2.31. The molecule has 1 aromatic heterocycles. The summed E-state index contributed by atoms with van der Waals surface area (Å²) in [5.41, 5.74) is 1.09. The number of rotatable bonds is 4. The zero-order valence-corrected chi connectivity index (χ0v) is 10.3. The standard InChI is InChI=1S/C11H10ClN3O3/c1-17-6-15-10(16)7-2-3-9-8(4-7)11(18-12)14-5-13-9/h2-5H,6H2,1H3,(H,15,16). The topological polar surface area (TPSA) is 73.3 Å². The molecule has 1 amide bonds. The number of nitrogens with one attached hydrogen (secondary N) is 1. The summed E-state index contributed by atoms with van der Waals surface area (Å²) in [6, 6.07) is 4.95. The minimum absolute atomic E-state index is 0.140. The first kappa shape index (κ1) is 12.5. The van der Waals surface area contributed by atoms with Crippen LogP contribution in [-0.4, -0.2) is 29.7 Å². The number of ether oxygens (including phenoxy) is 1. The van der Waals surface area contributed by atoms with Gasteiger partial charge in [-0.25, -0.2) is 4.98 Å². The van der Waals surface area contributed by atoms with Crippen molar-refractivity contribution >= 4 is 28.7 Å². The van der Waals surface area contributed by atoms with E-state index < -0.39 is 0 Å². The van der Waals surface area contributed by atoms with Gasteiger partial charge in [0.1, 0.15) is 24.9 Å². The minimum Gasteiger partial charge on any atom is -0.364 e. The number of carbonyl (C=O) groups is 1. The number of carbonyl (C=O) groups excluding carboxylic acids is 1. The Morgan fingerprint density at radius 1 is 1.44 bits per heavy atom. The quantitative estimate of drug-likeness (QED) is 0.850. The normalized spacial score (nSPS) is 10.3. The number of amides is 1. The van der Waals surface area contributed by atoms with Gasteiger partial charge in [0.2, 0.25) is 5.88 Å². The van der Waals surface area contributed by atoms with Gasteiger partial charge in [-0.1, -0.05) is 0 Å². The summed E-state index contributed by atoms with van der Waals surface area (Å²) >= 11 is 5.31. The van der Waals surface area contributed by atoms with E-state index in [-0.39, 0.29) is 18.5 Å². The van der Waals surface area contributed by atoms with E-state index in [2.05, 4.69) is 19.6 Å². The Bertz CT molecular complexity index is 576. The number of aromatic nitrogens is 2. The van der Waals surface area contributed by atoms with Crippen LogP contribution < -0.4 is 9.61 Å². The van der Waals surface area contributed by atoms with Crippen molar-refractivity contribution in [1.29, 1.82) is 0 Å². The highest BCUT2D eigenvalue weighted by Crippen LogP contribution is 2.23. The number of hydrogen-bond donors (Lipinski definition) is 1. The Hall–Kier alpha value is -1.92. The van der Waals surface area contributed by atoms with Crippen LogP contribution in [0.3, 0.4) is 0 Å². The first-order valence-electron chi connectivity index (χ1n) is 5.06.